The molecule has 0 aromatic heterocycles. The first-order chi connectivity index (χ1) is 27.8. The van der Waals surface area contributed by atoms with E-state index in [-0.39, 0.29) is 19.4 Å². The number of hydrogen-bond acceptors (Lipinski definition) is 11. The zero-order valence-corrected chi connectivity index (χ0v) is 37.1. The first-order valence-corrected chi connectivity index (χ1v) is 21.5. The minimum Gasteiger partial charge on any atom is -0.444 e. The Labute approximate surface area is 360 Å². The predicted octanol–water partition coefficient (Wildman–Crippen LogP) is 6.39. The van der Waals surface area contributed by atoms with E-state index < -0.39 is 85.8 Å². The summed E-state index contributed by atoms with van der Waals surface area (Å²) < 4.78 is 38.3. The van der Waals surface area contributed by atoms with E-state index in [0.717, 1.165) is 11.1 Å². The lowest BCUT2D eigenvalue weighted by Gasteiger charge is -2.36. The highest BCUT2D eigenvalue weighted by atomic mass is 35.5. The van der Waals surface area contributed by atoms with Gasteiger partial charge in [-0.15, -0.1) is 6.58 Å². The third-order valence-electron chi connectivity index (χ3n) is 9.92. The molecule has 1 aliphatic heterocycles. The third kappa shape index (κ3) is 12.5. The summed E-state index contributed by atoms with van der Waals surface area (Å²) in [6.07, 6.45) is 1.07. The maximum Gasteiger partial charge on any atom is 0.411 e. The topological polar surface area (TPSA) is 219 Å². The number of carbonyl (C=O) groups is 5. The van der Waals surface area contributed by atoms with Crippen molar-refractivity contribution < 1.29 is 46.7 Å². The Balaban J connectivity index is 0.000000624. The fourth-order valence-corrected chi connectivity index (χ4v) is 8.11. The van der Waals surface area contributed by atoms with Crippen LogP contribution in [0.15, 0.2) is 54.0 Å². The normalized spacial score (nSPS) is 21.4. The quantitative estimate of drug-likeness (QED) is 0.111. The molecule has 326 valence electrons. The maximum absolute atomic E-state index is 14.2. The number of ether oxygens (including phenoxy) is 2. The van der Waals surface area contributed by atoms with Crippen molar-refractivity contribution in [3.05, 3.63) is 70.2 Å². The van der Waals surface area contributed by atoms with E-state index in [0.29, 0.717) is 34.3 Å². The molecule has 5 rings (SSSR count). The molecule has 0 radical (unpaired) electrons. The summed E-state index contributed by atoms with van der Waals surface area (Å²) in [4.78, 5) is 82.0. The predicted molar refractivity (Wildman–Crippen MR) is 226 cm³/mol. The molecular weight excluding hydrogens is 839 g/mol. The monoisotopic (exact) mass is 890 g/mol. The Hall–Kier alpha value is -4.96. The molecule has 60 heavy (non-hydrogen) atoms. The number of carbonyl (C=O) groups excluding carboxylic acids is 6. The van der Waals surface area contributed by atoms with Gasteiger partial charge in [0.2, 0.25) is 27.9 Å². The van der Waals surface area contributed by atoms with Crippen molar-refractivity contribution in [1.82, 2.24) is 20.3 Å². The van der Waals surface area contributed by atoms with E-state index in [9.17, 15) is 37.2 Å². The van der Waals surface area contributed by atoms with Gasteiger partial charge in [-0.2, -0.15) is 4.99 Å². The summed E-state index contributed by atoms with van der Waals surface area (Å²) in [6.45, 7) is 17.3. The van der Waals surface area contributed by atoms with E-state index >= 15 is 0 Å². The molecule has 2 aromatic rings. The Kier molecular flexibility index (Phi) is 14.9. The van der Waals surface area contributed by atoms with Gasteiger partial charge in [0.25, 0.3) is 5.91 Å². The van der Waals surface area contributed by atoms with Gasteiger partial charge in [-0.1, -0.05) is 62.2 Å². The molecule has 2 aliphatic carbocycles. The molecule has 3 fully saturated rings. The maximum atomic E-state index is 14.2. The number of halogens is 2. The third-order valence-corrected chi connectivity index (χ3v) is 12.2. The van der Waals surface area contributed by atoms with Gasteiger partial charge in [0.05, 0.1) is 17.5 Å². The number of anilines is 1. The Bertz CT molecular complexity index is 2180. The fraction of sp³-hybridized carbons (Fsp3) is 0.512. The average Bonchev–Trinajstić information content (AvgIpc) is 4.06. The molecule has 2 aromatic carbocycles. The highest BCUT2D eigenvalue weighted by molar-refractivity contribution is 7.91. The smallest absolute Gasteiger partial charge is 0.411 e. The summed E-state index contributed by atoms with van der Waals surface area (Å²) in [7, 11) is -3.92. The summed E-state index contributed by atoms with van der Waals surface area (Å²) in [5.74, 6) is -2.87. The van der Waals surface area contributed by atoms with Gasteiger partial charge in [-0.25, -0.2) is 22.8 Å². The first-order valence-electron chi connectivity index (χ1n) is 19.2. The van der Waals surface area contributed by atoms with Crippen LogP contribution in [-0.4, -0.2) is 90.4 Å². The van der Waals surface area contributed by atoms with Crippen LogP contribution in [0.2, 0.25) is 10.0 Å². The molecule has 0 bridgehead atoms. The molecule has 3 aliphatic rings. The molecule has 1 unspecified atom stereocenters. The van der Waals surface area contributed by atoms with Crippen LogP contribution in [0, 0.1) is 25.2 Å². The van der Waals surface area contributed by atoms with Crippen molar-refractivity contribution in [3.63, 3.8) is 0 Å². The number of rotatable bonds is 11. The summed E-state index contributed by atoms with van der Waals surface area (Å²) in [5, 5.41) is 8.24. The number of alkyl carbamates (subject to hydrolysis) is 1. The summed E-state index contributed by atoms with van der Waals surface area (Å²) in [5.41, 5.74) is -0.702. The van der Waals surface area contributed by atoms with Crippen molar-refractivity contribution in [2.75, 3.05) is 11.9 Å². The number of nitrogens with zero attached hydrogens (tertiary/aromatic N) is 2. The number of aliphatic imine (C=N–C) groups is 1. The van der Waals surface area contributed by atoms with Crippen LogP contribution in [0.5, 0.6) is 0 Å². The Morgan fingerprint density at radius 2 is 1.60 bits per heavy atom. The minimum absolute atomic E-state index is 0.0983. The van der Waals surface area contributed by atoms with Crippen LogP contribution in [0.3, 0.4) is 0 Å². The van der Waals surface area contributed by atoms with Crippen LogP contribution in [0.25, 0.3) is 0 Å². The van der Waals surface area contributed by atoms with Gasteiger partial charge < -0.3 is 25.0 Å². The number of aryl methyl sites for hydroxylation is 2. The van der Waals surface area contributed by atoms with Crippen molar-refractivity contribution >= 4 is 80.6 Å². The van der Waals surface area contributed by atoms with E-state index in [4.69, 9.17) is 32.7 Å². The molecule has 5 amide bonds. The molecule has 1 saturated heterocycles. The highest BCUT2D eigenvalue weighted by Crippen LogP contribution is 2.45. The number of hydrogen-bond donors (Lipinski definition) is 4. The van der Waals surface area contributed by atoms with Gasteiger partial charge >= 0.3 is 12.2 Å². The van der Waals surface area contributed by atoms with E-state index in [1.54, 1.807) is 84.9 Å². The summed E-state index contributed by atoms with van der Waals surface area (Å²) in [6, 6.07) is 7.67. The second-order valence-corrected chi connectivity index (χ2v) is 19.9. The number of nitrogens with one attached hydrogen (secondary N) is 4. The number of likely N-dealkylation sites (tertiary alicyclic amines) is 1. The van der Waals surface area contributed by atoms with Crippen molar-refractivity contribution in [3.8, 4) is 0 Å². The number of benzene rings is 2. The largest absolute Gasteiger partial charge is 0.444 e. The van der Waals surface area contributed by atoms with E-state index in [1.165, 1.54) is 17.1 Å². The van der Waals surface area contributed by atoms with Crippen LogP contribution in [0.4, 0.5) is 21.0 Å². The molecule has 2 saturated carbocycles. The second kappa shape index (κ2) is 18.8. The lowest BCUT2D eigenvalue weighted by molar-refractivity contribution is -0.143. The molecule has 1 heterocycles. The highest BCUT2D eigenvalue weighted by Gasteiger charge is 2.62. The molecule has 16 nitrogen and oxygen atoms in total. The fourth-order valence-electron chi connectivity index (χ4n) is 6.41. The zero-order valence-electron chi connectivity index (χ0n) is 34.8. The summed E-state index contributed by atoms with van der Waals surface area (Å²) >= 11 is 11.7. The lowest BCUT2D eigenvalue weighted by Crippen LogP contribution is -2.60. The average molecular weight is 892 g/mol. The van der Waals surface area contributed by atoms with Crippen molar-refractivity contribution in [2.45, 2.75) is 116 Å². The number of amides is 5. The molecule has 19 heteroatoms. The molecular formula is C41H52Cl2N6O10S. The Morgan fingerprint density at radius 3 is 2.15 bits per heavy atom. The van der Waals surface area contributed by atoms with Gasteiger partial charge in [0.1, 0.15) is 29.3 Å². The standard InChI is InChI=1S/C33H46ClN5O9S.C8H6ClNO/c1-9-19-16-33(19,28(42)38-49(45,46)22-12-13-22)37-26(40)24-15-21(47-29(43)35-23-14-20(34)11-10-18(23)2)17-39(24)27(41)25(31(3,4)5)36-30(44)48-32(6,7)8;1-6-2-3-7(9)4-8(6)10-5-11/h9-11,14,19,21-22,24-25H,1,12-13,15-17H2,2-8H3,(H,35,43)(H,36,44)(H,37,40)(H,38,42);2-4H,1H3/t19?,21-,24+,25-,33-;/m1./s1. The van der Waals surface area contributed by atoms with Crippen LogP contribution in [-0.2, 0) is 38.7 Å². The molecule has 4 N–H and O–H groups in total. The zero-order chi connectivity index (χ0) is 45.0. The minimum atomic E-state index is -3.92. The second-order valence-electron chi connectivity index (χ2n) is 17.1. The first kappa shape index (κ1) is 47.7. The Morgan fingerprint density at radius 1 is 0.983 bits per heavy atom. The van der Waals surface area contributed by atoms with Gasteiger partial charge in [-0.3, -0.25) is 24.4 Å². The van der Waals surface area contributed by atoms with Gasteiger partial charge in [0.15, 0.2) is 0 Å². The van der Waals surface area contributed by atoms with E-state index in [1.807, 2.05) is 6.92 Å². The SMILES string of the molecule is C=CC1C[C@]1(NC(=O)[C@@H]1C[C@@H](OC(=O)Nc2cc(Cl)ccc2C)CN1C(=O)[C@@H](NC(=O)OC(C)(C)C)C(C)(C)C)C(=O)NS(=O)(=O)C1CC1.Cc1ccc(Cl)cc1N=C=O. The van der Waals surface area contributed by atoms with Crippen LogP contribution >= 0.6 is 23.2 Å². The van der Waals surface area contributed by atoms with Gasteiger partial charge in [-0.05, 0) is 94.7 Å². The number of sulfonamides is 1. The van der Waals surface area contributed by atoms with Crippen molar-refractivity contribution in [1.29, 1.82) is 0 Å². The van der Waals surface area contributed by atoms with Crippen molar-refractivity contribution in [2.24, 2.45) is 16.3 Å². The van der Waals surface area contributed by atoms with Crippen LogP contribution in [0.1, 0.15) is 78.4 Å². The van der Waals surface area contributed by atoms with Gasteiger partial charge in [0, 0.05) is 28.1 Å². The lowest BCUT2D eigenvalue weighted by atomic mass is 9.85. The molecule has 5 atom stereocenters. The van der Waals surface area contributed by atoms with E-state index in [2.05, 4.69) is 32.2 Å². The molecule has 0 spiro atoms. The number of isocyanates is 1. The van der Waals surface area contributed by atoms with Crippen LogP contribution < -0.4 is 20.7 Å².